The molecule has 0 atom stereocenters. The van der Waals surface area contributed by atoms with Gasteiger partial charge in [0.05, 0.1) is 16.1 Å². The minimum Gasteiger partial charge on any atom is -0.399 e. The maximum absolute atomic E-state index is 12.7. The molecule has 5 N–H and O–H groups in total. The summed E-state index contributed by atoms with van der Waals surface area (Å²) in [5.41, 5.74) is 12.5. The number of nitrogens with two attached hydrogens (primary N) is 2. The Morgan fingerprint density at radius 3 is 2.53 bits per heavy atom. The molecule has 1 aromatic rings. The highest BCUT2D eigenvalue weighted by atomic mass is 32.2. The summed E-state index contributed by atoms with van der Waals surface area (Å²) >= 11 is 0. The summed E-state index contributed by atoms with van der Waals surface area (Å²) in [6, 6.07) is 5.95. The Balaban J connectivity index is 1.65. The molecule has 1 aliphatic carbocycles. The molecule has 0 saturated heterocycles. The van der Waals surface area contributed by atoms with Crippen LogP contribution in [0.3, 0.4) is 0 Å². The average molecular weight is 493 g/mol. The van der Waals surface area contributed by atoms with Crippen LogP contribution in [-0.2, 0) is 24.4 Å². The zero-order valence-corrected chi connectivity index (χ0v) is 20.5. The zero-order chi connectivity index (χ0) is 25.1. The molecule has 1 heterocycles. The second-order valence-electron chi connectivity index (χ2n) is 8.31. The monoisotopic (exact) mass is 492 g/mol. The van der Waals surface area contributed by atoms with Gasteiger partial charge in [-0.3, -0.25) is 9.59 Å². The molecule has 3 rings (SSSR count). The molecule has 2 amide bonds. The molecule has 34 heavy (non-hydrogen) atoms. The smallest absolute Gasteiger partial charge is 0.265 e. The van der Waals surface area contributed by atoms with Crippen molar-refractivity contribution in [2.45, 2.75) is 50.0 Å². The fourth-order valence-corrected chi connectivity index (χ4v) is 6.06. The van der Waals surface area contributed by atoms with Gasteiger partial charge in [0.2, 0.25) is 10.0 Å². The zero-order valence-electron chi connectivity index (χ0n) is 19.7. The fraction of sp³-hybridized carbons (Fsp3) is 0.500. The van der Waals surface area contributed by atoms with E-state index < -0.39 is 28.1 Å². The maximum atomic E-state index is 12.7. The first-order valence-electron chi connectivity index (χ1n) is 11.2. The van der Waals surface area contributed by atoms with Crippen molar-refractivity contribution in [2.24, 2.45) is 16.6 Å². The quantitative estimate of drug-likeness (QED) is 0.263. The number of benzene rings is 1. The van der Waals surface area contributed by atoms with Crippen LogP contribution in [0.2, 0.25) is 0 Å². The number of oxime groups is 1. The number of nitrogens with one attached hydrogen (secondary N) is 1. The number of hydrogen-bond donors (Lipinski definition) is 3. The predicted octanol–water partition coefficient (Wildman–Crippen LogP) is 0.942. The van der Waals surface area contributed by atoms with Gasteiger partial charge in [-0.25, -0.2) is 8.42 Å². The normalized spacial score (nSPS) is 18.3. The minimum absolute atomic E-state index is 0.0734. The molecule has 1 aromatic carbocycles. The number of rotatable bonds is 9. The number of carbonyl (C=O) groups excluding carboxylic acids is 2. The Hall–Kier alpha value is -3.12. The Morgan fingerprint density at radius 2 is 1.91 bits per heavy atom. The topological polar surface area (TPSA) is 160 Å². The molecule has 12 heteroatoms. The molecule has 1 fully saturated rings. The highest BCUT2D eigenvalue weighted by molar-refractivity contribution is 7.89. The summed E-state index contributed by atoms with van der Waals surface area (Å²) in [6.45, 7) is 3.69. The first kappa shape index (κ1) is 25.5. The minimum atomic E-state index is -3.66. The largest absolute Gasteiger partial charge is 0.399 e. The van der Waals surface area contributed by atoms with E-state index >= 15 is 0 Å². The van der Waals surface area contributed by atoms with E-state index in [0.717, 1.165) is 25.7 Å². The number of amidine groups is 1. The third-order valence-corrected chi connectivity index (χ3v) is 8.48. The highest BCUT2D eigenvalue weighted by Crippen LogP contribution is 2.44. The first-order chi connectivity index (χ1) is 16.1. The Morgan fingerprint density at radius 1 is 1.26 bits per heavy atom. The summed E-state index contributed by atoms with van der Waals surface area (Å²) < 4.78 is 26.7. The van der Waals surface area contributed by atoms with E-state index in [1.54, 1.807) is 37.9 Å². The van der Waals surface area contributed by atoms with Crippen molar-refractivity contribution in [1.82, 2.24) is 9.21 Å². The van der Waals surface area contributed by atoms with Crippen LogP contribution in [0.4, 0.5) is 5.69 Å². The molecule has 0 unspecified atom stereocenters. The Bertz CT molecular complexity index is 1120. The van der Waals surface area contributed by atoms with E-state index in [0.29, 0.717) is 24.5 Å². The van der Waals surface area contributed by atoms with Crippen molar-refractivity contribution in [3.8, 4) is 0 Å². The number of anilines is 1. The van der Waals surface area contributed by atoms with Crippen LogP contribution < -0.4 is 16.8 Å². The van der Waals surface area contributed by atoms with Gasteiger partial charge in [0.25, 0.3) is 11.8 Å². The summed E-state index contributed by atoms with van der Waals surface area (Å²) in [4.78, 5) is 31.7. The average Bonchev–Trinajstić information content (AvgIpc) is 3.36. The van der Waals surface area contributed by atoms with Gasteiger partial charge >= 0.3 is 0 Å². The van der Waals surface area contributed by atoms with E-state index in [2.05, 4.69) is 10.5 Å². The number of likely N-dealkylation sites (N-methyl/N-ethyl adjacent to an activating group) is 1. The van der Waals surface area contributed by atoms with Gasteiger partial charge in [-0.2, -0.15) is 4.31 Å². The van der Waals surface area contributed by atoms with Crippen molar-refractivity contribution in [3.05, 3.63) is 35.5 Å². The SMILES string of the molecule is CCN(CC)S(=O)(=O)c1cccc(NC(=O)CO/N=C(/N)C2=C(N)C3(CCCC3)N(C)C2=O)c1. The van der Waals surface area contributed by atoms with Gasteiger partial charge < -0.3 is 26.5 Å². The molecule has 0 aromatic heterocycles. The van der Waals surface area contributed by atoms with Crippen LogP contribution in [0.25, 0.3) is 0 Å². The molecule has 1 saturated carbocycles. The van der Waals surface area contributed by atoms with Gasteiger partial charge in [-0.15, -0.1) is 0 Å². The summed E-state index contributed by atoms with van der Waals surface area (Å²) in [5.74, 6) is -1.07. The van der Waals surface area contributed by atoms with Crippen molar-refractivity contribution in [1.29, 1.82) is 0 Å². The second-order valence-corrected chi connectivity index (χ2v) is 10.2. The van der Waals surface area contributed by atoms with Crippen LogP contribution in [-0.4, -0.2) is 67.6 Å². The lowest BCUT2D eigenvalue weighted by Crippen LogP contribution is -2.45. The van der Waals surface area contributed by atoms with E-state index in [1.807, 2.05) is 0 Å². The molecule has 0 bridgehead atoms. The summed E-state index contributed by atoms with van der Waals surface area (Å²) in [7, 11) is -1.96. The van der Waals surface area contributed by atoms with Crippen molar-refractivity contribution in [2.75, 3.05) is 32.1 Å². The molecule has 0 radical (unpaired) electrons. The molecular weight excluding hydrogens is 460 g/mol. The van der Waals surface area contributed by atoms with Crippen LogP contribution in [0.1, 0.15) is 39.5 Å². The molecule has 1 aliphatic heterocycles. The number of nitrogens with zero attached hydrogens (tertiary/aromatic N) is 3. The highest BCUT2D eigenvalue weighted by Gasteiger charge is 2.51. The van der Waals surface area contributed by atoms with Crippen molar-refractivity contribution < 1.29 is 22.8 Å². The van der Waals surface area contributed by atoms with Gasteiger partial charge in [0.1, 0.15) is 5.57 Å². The molecule has 11 nitrogen and oxygen atoms in total. The lowest BCUT2D eigenvalue weighted by Gasteiger charge is -2.33. The lowest BCUT2D eigenvalue weighted by atomic mass is 9.93. The van der Waals surface area contributed by atoms with Crippen LogP contribution >= 0.6 is 0 Å². The maximum Gasteiger partial charge on any atom is 0.265 e. The van der Waals surface area contributed by atoms with Crippen LogP contribution in [0, 0.1) is 0 Å². The Labute approximate surface area is 199 Å². The second kappa shape index (κ2) is 10.0. The van der Waals surface area contributed by atoms with Crippen LogP contribution in [0.15, 0.2) is 45.6 Å². The van der Waals surface area contributed by atoms with E-state index in [4.69, 9.17) is 16.3 Å². The third kappa shape index (κ3) is 4.60. The number of sulfonamides is 1. The van der Waals surface area contributed by atoms with E-state index in [9.17, 15) is 18.0 Å². The fourth-order valence-electron chi connectivity index (χ4n) is 4.55. The Kier molecular flexibility index (Phi) is 7.51. The molecular formula is C22H32N6O5S. The molecule has 1 spiro atoms. The van der Waals surface area contributed by atoms with E-state index in [1.165, 1.54) is 16.4 Å². The van der Waals surface area contributed by atoms with Gasteiger partial charge in [-0.05, 0) is 31.0 Å². The van der Waals surface area contributed by atoms with Crippen LogP contribution in [0.5, 0.6) is 0 Å². The van der Waals surface area contributed by atoms with Gasteiger partial charge in [-0.1, -0.05) is 37.9 Å². The summed E-state index contributed by atoms with van der Waals surface area (Å²) in [6.07, 6.45) is 3.47. The number of hydrogen-bond acceptors (Lipinski definition) is 7. The van der Waals surface area contributed by atoms with Crippen molar-refractivity contribution in [3.63, 3.8) is 0 Å². The standard InChI is InChI=1S/C22H32N6O5S/c1-4-28(5-2)34(31,32)16-10-8-9-15(13-16)25-17(29)14-33-26-20(24)18-19(23)22(11-6-7-12-22)27(3)21(18)30/h8-10,13H,4-7,11-12,14,23H2,1-3H3,(H2,24,26)(H,25,29). The third-order valence-electron chi connectivity index (χ3n) is 6.44. The molecule has 186 valence electrons. The van der Waals surface area contributed by atoms with Gasteiger partial charge in [0.15, 0.2) is 12.4 Å². The number of amides is 2. The predicted molar refractivity (Wildman–Crippen MR) is 128 cm³/mol. The first-order valence-corrected chi connectivity index (χ1v) is 12.7. The van der Waals surface area contributed by atoms with Gasteiger partial charge in [0, 0.05) is 25.8 Å². The molecule has 2 aliphatic rings. The lowest BCUT2D eigenvalue weighted by molar-refractivity contribution is -0.127. The summed E-state index contributed by atoms with van der Waals surface area (Å²) in [5, 5.41) is 6.29. The van der Waals surface area contributed by atoms with E-state index in [-0.39, 0.29) is 22.2 Å². The number of carbonyl (C=O) groups is 2. The van der Waals surface area contributed by atoms with Crippen molar-refractivity contribution >= 4 is 33.4 Å².